The van der Waals surface area contributed by atoms with Crippen LogP contribution >= 0.6 is 0 Å². The van der Waals surface area contributed by atoms with E-state index in [1.165, 1.54) is 0 Å². The van der Waals surface area contributed by atoms with Crippen molar-refractivity contribution in [1.29, 1.82) is 0 Å². The molecule has 22 heavy (non-hydrogen) atoms. The predicted molar refractivity (Wildman–Crippen MR) is 93.3 cm³/mol. The number of carbonyl (C=O) groups excluding carboxylic acids is 1. The third kappa shape index (κ3) is 4.12. The lowest BCUT2D eigenvalue weighted by Crippen LogP contribution is -2.59. The molecule has 2 atom stereocenters. The summed E-state index contributed by atoms with van der Waals surface area (Å²) in [6.07, 6.45) is -0.0982. The Kier molecular flexibility index (Phi) is 6.27. The lowest BCUT2D eigenvalue weighted by Gasteiger charge is -2.47. The first-order valence-corrected chi connectivity index (χ1v) is 10.7. The molecule has 1 fully saturated rings. The van der Waals surface area contributed by atoms with Gasteiger partial charge in [-0.15, -0.1) is 0 Å². The zero-order valence-electron chi connectivity index (χ0n) is 15.8. The fourth-order valence-corrected chi connectivity index (χ4v) is 9.60. The van der Waals surface area contributed by atoms with Crippen LogP contribution in [0, 0.1) is 0 Å². The molecule has 1 N–H and O–H groups in total. The van der Waals surface area contributed by atoms with E-state index < -0.39 is 13.9 Å². The lowest BCUT2D eigenvalue weighted by atomic mass is 10.0. The van der Waals surface area contributed by atoms with Gasteiger partial charge in [0.25, 0.3) is 0 Å². The number of ether oxygens (including phenoxy) is 1. The largest absolute Gasteiger partial charge is 0.409 e. The van der Waals surface area contributed by atoms with Crippen molar-refractivity contribution >= 4 is 14.2 Å². The minimum Gasteiger partial charge on any atom is -0.409 e. The van der Waals surface area contributed by atoms with Crippen LogP contribution in [-0.4, -0.2) is 32.2 Å². The van der Waals surface area contributed by atoms with Crippen molar-refractivity contribution in [3.8, 4) is 0 Å². The molecule has 0 aromatic rings. The summed E-state index contributed by atoms with van der Waals surface area (Å²) in [5.41, 5.74) is 1.12. The zero-order valence-corrected chi connectivity index (χ0v) is 16.8. The molecule has 0 radical (unpaired) electrons. The minimum atomic E-state index is -1.97. The molecule has 0 unspecified atom stereocenters. The normalized spacial score (nSPS) is 24.0. The number of hydrogen-bond acceptors (Lipinski definition) is 3. The average molecular weight is 330 g/mol. The van der Waals surface area contributed by atoms with Gasteiger partial charge in [-0.25, -0.2) is 0 Å². The second kappa shape index (κ2) is 7.01. The molecule has 1 rings (SSSR count). The van der Waals surface area contributed by atoms with E-state index in [-0.39, 0.29) is 18.2 Å². The third-order valence-corrected chi connectivity index (χ3v) is 11.1. The topological polar surface area (TPSA) is 47.6 Å². The van der Waals surface area contributed by atoms with Crippen LogP contribution in [0.4, 0.5) is 0 Å². The van der Waals surface area contributed by atoms with E-state index >= 15 is 0 Å². The van der Waals surface area contributed by atoms with Crippen molar-refractivity contribution < 1.29 is 14.0 Å². The Morgan fingerprint density at radius 3 is 1.91 bits per heavy atom. The Hall–Kier alpha value is -0.393. The van der Waals surface area contributed by atoms with Gasteiger partial charge in [-0.2, -0.15) is 0 Å². The molecule has 130 valence electrons. The molecule has 1 saturated heterocycles. The molecule has 0 aromatic carbocycles. The smallest absolute Gasteiger partial charge is 0.224 e. The number of rotatable bonds is 6. The van der Waals surface area contributed by atoms with Gasteiger partial charge in [-0.1, -0.05) is 41.5 Å². The Balaban J connectivity index is 2.96. The van der Waals surface area contributed by atoms with Gasteiger partial charge in [-0.3, -0.25) is 4.79 Å². The van der Waals surface area contributed by atoms with Crippen LogP contribution in [0.3, 0.4) is 0 Å². The maximum Gasteiger partial charge on any atom is 0.224 e. The summed E-state index contributed by atoms with van der Waals surface area (Å²) in [5, 5.41) is 2.95. The van der Waals surface area contributed by atoms with Gasteiger partial charge in [0.05, 0.1) is 18.1 Å². The summed E-state index contributed by atoms with van der Waals surface area (Å²) in [4.78, 5) is 11.9. The SMILES string of the molecule is CC(C)[Si](O[C@H](C)[C@@H]1NC(=O)CC(C)(C)O1)(C(C)C)C(C)C. The maximum absolute atomic E-state index is 11.9. The van der Waals surface area contributed by atoms with E-state index in [4.69, 9.17) is 9.16 Å². The number of hydrogen-bond donors (Lipinski definition) is 1. The van der Waals surface area contributed by atoms with Crippen molar-refractivity contribution in [2.24, 2.45) is 0 Å². The van der Waals surface area contributed by atoms with Crippen LogP contribution in [0.25, 0.3) is 0 Å². The predicted octanol–water partition coefficient (Wildman–Crippen LogP) is 4.21. The maximum atomic E-state index is 11.9. The van der Waals surface area contributed by atoms with Gasteiger partial charge in [0, 0.05) is 0 Å². The molecule has 5 heteroatoms. The van der Waals surface area contributed by atoms with Gasteiger partial charge in [0.1, 0.15) is 0 Å². The fraction of sp³-hybridized carbons (Fsp3) is 0.941. The molecule has 4 nitrogen and oxygen atoms in total. The molecule has 1 aliphatic heterocycles. The fourth-order valence-electron chi connectivity index (χ4n) is 4.02. The summed E-state index contributed by atoms with van der Waals surface area (Å²) in [6, 6.07) is 0. The van der Waals surface area contributed by atoms with Crippen LogP contribution in [0.5, 0.6) is 0 Å². The molecule has 1 amide bonds. The minimum absolute atomic E-state index is 0.0441. The van der Waals surface area contributed by atoms with Crippen molar-refractivity contribution in [1.82, 2.24) is 5.32 Å². The van der Waals surface area contributed by atoms with Crippen molar-refractivity contribution in [2.45, 2.75) is 103 Å². The van der Waals surface area contributed by atoms with Crippen molar-refractivity contribution in [2.75, 3.05) is 0 Å². The molecule has 0 aromatic heterocycles. The number of nitrogens with one attached hydrogen (secondary N) is 1. The highest BCUT2D eigenvalue weighted by atomic mass is 28.4. The van der Waals surface area contributed by atoms with Crippen LogP contribution in [-0.2, 0) is 14.0 Å². The molecule has 1 heterocycles. The Labute approximate surface area is 137 Å². The molecule has 0 saturated carbocycles. The molecule has 0 spiro atoms. The Morgan fingerprint density at radius 2 is 1.55 bits per heavy atom. The standard InChI is InChI=1S/C17H35NO3Si/c1-11(2)22(12(3)4,13(5)6)21-14(7)16-18-15(19)10-17(8,9)20-16/h11-14,16H,10H2,1-9H3,(H,18,19)/t14-,16-/m1/s1. The highest BCUT2D eigenvalue weighted by Crippen LogP contribution is 2.43. The third-order valence-electron chi connectivity index (χ3n) is 4.86. The van der Waals surface area contributed by atoms with Gasteiger partial charge in [0.2, 0.25) is 14.2 Å². The van der Waals surface area contributed by atoms with Crippen molar-refractivity contribution in [3.05, 3.63) is 0 Å². The van der Waals surface area contributed by atoms with Gasteiger partial charge < -0.3 is 14.5 Å². The van der Waals surface area contributed by atoms with Gasteiger partial charge in [0.15, 0.2) is 6.23 Å². The Morgan fingerprint density at radius 1 is 1.09 bits per heavy atom. The summed E-state index contributed by atoms with van der Waals surface area (Å²) < 4.78 is 12.8. The van der Waals surface area contributed by atoms with Crippen molar-refractivity contribution in [3.63, 3.8) is 0 Å². The molecular formula is C17H35NO3Si. The van der Waals surface area contributed by atoms with E-state index in [9.17, 15) is 4.79 Å². The van der Waals surface area contributed by atoms with Crippen LogP contribution in [0.2, 0.25) is 16.6 Å². The van der Waals surface area contributed by atoms with E-state index in [1.54, 1.807) is 0 Å². The molecule has 0 bridgehead atoms. The quantitative estimate of drug-likeness (QED) is 0.743. The summed E-state index contributed by atoms with van der Waals surface area (Å²) in [7, 11) is -1.97. The molecular weight excluding hydrogens is 294 g/mol. The van der Waals surface area contributed by atoms with E-state index in [1.807, 2.05) is 20.8 Å². The van der Waals surface area contributed by atoms with Gasteiger partial charge >= 0.3 is 0 Å². The zero-order chi connectivity index (χ0) is 17.3. The second-order valence-electron chi connectivity index (χ2n) is 8.18. The summed E-state index contributed by atoms with van der Waals surface area (Å²) in [5.74, 6) is 0.0441. The Bertz CT molecular complexity index is 372. The van der Waals surface area contributed by atoms with Crippen LogP contribution in [0.15, 0.2) is 0 Å². The average Bonchev–Trinajstić information content (AvgIpc) is 2.31. The number of amides is 1. The van der Waals surface area contributed by atoms with Gasteiger partial charge in [-0.05, 0) is 37.4 Å². The number of carbonyl (C=O) groups is 1. The summed E-state index contributed by atoms with van der Waals surface area (Å²) >= 11 is 0. The second-order valence-corrected chi connectivity index (χ2v) is 13.6. The highest BCUT2D eigenvalue weighted by Gasteiger charge is 2.48. The monoisotopic (exact) mass is 329 g/mol. The van der Waals surface area contributed by atoms with Crippen LogP contribution in [0.1, 0.15) is 68.7 Å². The highest BCUT2D eigenvalue weighted by molar-refractivity contribution is 6.77. The van der Waals surface area contributed by atoms with E-state index in [0.29, 0.717) is 23.0 Å². The van der Waals surface area contributed by atoms with Crippen LogP contribution < -0.4 is 5.32 Å². The first kappa shape index (κ1) is 19.7. The first-order valence-electron chi connectivity index (χ1n) is 8.57. The molecule has 1 aliphatic rings. The molecule has 0 aliphatic carbocycles. The first-order chi connectivity index (χ1) is 9.92. The van der Waals surface area contributed by atoms with E-state index in [0.717, 1.165) is 0 Å². The lowest BCUT2D eigenvalue weighted by molar-refractivity contribution is -0.171. The summed E-state index contributed by atoms with van der Waals surface area (Å²) in [6.45, 7) is 19.6. The van der Waals surface area contributed by atoms with E-state index in [2.05, 4.69) is 46.9 Å².